The quantitative estimate of drug-likeness (QED) is 0.128. The van der Waals surface area contributed by atoms with E-state index in [0.717, 1.165) is 11.1 Å². The number of alkyl carbamates (subject to hydrolysis) is 1. The zero-order valence-corrected chi connectivity index (χ0v) is 32.2. The van der Waals surface area contributed by atoms with Crippen LogP contribution in [0.4, 0.5) is 9.59 Å². The molecule has 0 aromatic heterocycles. The van der Waals surface area contributed by atoms with Crippen molar-refractivity contribution in [1.29, 1.82) is 0 Å². The molecule has 1 heterocycles. The zero-order chi connectivity index (χ0) is 38.7. The summed E-state index contributed by atoms with van der Waals surface area (Å²) in [5, 5.41) is 13.9. The molecule has 6 amide bonds. The smallest absolute Gasteiger partial charge is 0.407 e. The number of ether oxygens (including phenoxy) is 1. The standard InChI is InChI=1S/C39H60N6O7/c1-10-14-29(33(46)35(48)40-18-11-2)42-34(47)32-28(23(3)4)17-19-45(32)36(49)31(27-20-25-15-12-13-16-26(25)21-27)44-37(50)43-30(39(7,8)9)22-52-38(51)41-24(5)6/h11-13,15-16,23-24,27-32H,2,10,14,17-22H2,1,3-9H3,(H,40,48)(H,41,51)(H,42,47)(H2,43,44,50)/t28-,29?,30-,31+,32+/m1/s1. The number of urea groups is 1. The molecule has 52 heavy (non-hydrogen) atoms. The molecule has 288 valence electrons. The first-order chi connectivity index (χ1) is 24.5. The Labute approximate surface area is 308 Å². The van der Waals surface area contributed by atoms with Gasteiger partial charge in [0.2, 0.25) is 17.6 Å². The van der Waals surface area contributed by atoms with Crippen LogP contribution < -0.4 is 26.6 Å². The van der Waals surface area contributed by atoms with Gasteiger partial charge in [-0.25, -0.2) is 9.59 Å². The number of hydrogen-bond acceptors (Lipinski definition) is 7. The molecule has 1 fully saturated rings. The molecule has 5 atom stereocenters. The third-order valence-electron chi connectivity index (χ3n) is 9.94. The van der Waals surface area contributed by atoms with Gasteiger partial charge < -0.3 is 36.2 Å². The highest BCUT2D eigenvalue weighted by Crippen LogP contribution is 2.35. The fourth-order valence-corrected chi connectivity index (χ4v) is 7.00. The van der Waals surface area contributed by atoms with Gasteiger partial charge in [-0.2, -0.15) is 0 Å². The van der Waals surface area contributed by atoms with Gasteiger partial charge in [0.1, 0.15) is 18.7 Å². The average molecular weight is 725 g/mol. The van der Waals surface area contributed by atoms with Crippen LogP contribution in [0.1, 0.15) is 85.8 Å². The van der Waals surface area contributed by atoms with E-state index in [0.29, 0.717) is 25.7 Å². The molecule has 1 aliphatic carbocycles. The lowest BCUT2D eigenvalue weighted by atomic mass is 9.87. The van der Waals surface area contributed by atoms with Crippen LogP contribution >= 0.6 is 0 Å². The summed E-state index contributed by atoms with van der Waals surface area (Å²) in [5.74, 6) is -2.95. The first kappa shape index (κ1) is 42.0. The van der Waals surface area contributed by atoms with Crippen molar-refractivity contribution in [2.24, 2.45) is 23.2 Å². The number of hydrogen-bond donors (Lipinski definition) is 5. The molecule has 13 nitrogen and oxygen atoms in total. The fourth-order valence-electron chi connectivity index (χ4n) is 7.00. The molecule has 13 heteroatoms. The van der Waals surface area contributed by atoms with Crippen molar-refractivity contribution in [3.63, 3.8) is 0 Å². The minimum atomic E-state index is -1.06. The highest BCUT2D eigenvalue weighted by atomic mass is 16.5. The van der Waals surface area contributed by atoms with E-state index >= 15 is 0 Å². The van der Waals surface area contributed by atoms with Crippen LogP contribution in [0.2, 0.25) is 0 Å². The molecule has 0 bridgehead atoms. The number of carbonyl (C=O) groups excluding carboxylic acids is 6. The second-order valence-corrected chi connectivity index (χ2v) is 15.7. The molecule has 1 aromatic carbocycles. The van der Waals surface area contributed by atoms with Crippen molar-refractivity contribution in [1.82, 2.24) is 31.5 Å². The van der Waals surface area contributed by atoms with E-state index in [9.17, 15) is 28.8 Å². The van der Waals surface area contributed by atoms with E-state index in [-0.39, 0.29) is 49.9 Å². The zero-order valence-electron chi connectivity index (χ0n) is 32.2. The lowest BCUT2D eigenvalue weighted by molar-refractivity contribution is -0.144. The molecule has 0 saturated carbocycles. The van der Waals surface area contributed by atoms with Gasteiger partial charge in [-0.3, -0.25) is 19.2 Å². The molecule has 1 saturated heterocycles. The minimum Gasteiger partial charge on any atom is -0.447 e. The van der Waals surface area contributed by atoms with Gasteiger partial charge >= 0.3 is 12.1 Å². The third kappa shape index (κ3) is 11.3. The second kappa shape index (κ2) is 18.9. The maximum absolute atomic E-state index is 14.8. The summed E-state index contributed by atoms with van der Waals surface area (Å²) in [6, 6.07) is 3.66. The van der Waals surface area contributed by atoms with Gasteiger partial charge in [0.05, 0.1) is 12.1 Å². The largest absolute Gasteiger partial charge is 0.447 e. The number of benzene rings is 1. The van der Waals surface area contributed by atoms with E-state index in [1.54, 1.807) is 4.90 Å². The molecule has 5 N–H and O–H groups in total. The molecule has 1 unspecified atom stereocenters. The monoisotopic (exact) mass is 724 g/mol. The van der Waals surface area contributed by atoms with E-state index in [2.05, 4.69) is 33.2 Å². The lowest BCUT2D eigenvalue weighted by Crippen LogP contribution is -2.61. The Kier molecular flexibility index (Phi) is 15.3. The normalized spacial score (nSPS) is 18.9. The SMILES string of the molecule is C=CCNC(=O)C(=O)C(CCC)NC(=O)[C@@H]1[C@@H](C(C)C)CCN1C(=O)[C@@H](NC(=O)N[C@H](COC(=O)NC(C)C)C(C)(C)C)C1Cc2ccccc2C1. The van der Waals surface area contributed by atoms with Gasteiger partial charge in [-0.15, -0.1) is 6.58 Å². The Morgan fingerprint density at radius 2 is 1.60 bits per heavy atom. The van der Waals surface area contributed by atoms with Crippen LogP contribution in [-0.2, 0) is 36.8 Å². The number of nitrogens with zero attached hydrogens (tertiary/aromatic N) is 1. The molecule has 2 aliphatic rings. The van der Waals surface area contributed by atoms with E-state index in [1.165, 1.54) is 6.08 Å². The molecular formula is C39H60N6O7. The molecule has 3 rings (SSSR count). The Morgan fingerprint density at radius 3 is 2.13 bits per heavy atom. The number of ketones is 1. The van der Waals surface area contributed by atoms with Crippen molar-refractivity contribution >= 4 is 35.6 Å². The van der Waals surface area contributed by atoms with E-state index < -0.39 is 65.2 Å². The third-order valence-corrected chi connectivity index (χ3v) is 9.94. The van der Waals surface area contributed by atoms with Gasteiger partial charge in [0.15, 0.2) is 0 Å². The highest BCUT2D eigenvalue weighted by Gasteiger charge is 2.47. The maximum atomic E-state index is 14.8. The summed E-state index contributed by atoms with van der Waals surface area (Å²) in [4.78, 5) is 82.1. The molecule has 1 aromatic rings. The maximum Gasteiger partial charge on any atom is 0.407 e. The summed E-state index contributed by atoms with van der Waals surface area (Å²) < 4.78 is 5.43. The number of Topliss-reactive ketones (excluding diaryl/α,β-unsaturated/α-hetero) is 1. The van der Waals surface area contributed by atoms with Gasteiger partial charge in [-0.1, -0.05) is 78.3 Å². The first-order valence-corrected chi connectivity index (χ1v) is 18.6. The predicted octanol–water partition coefficient (Wildman–Crippen LogP) is 3.65. The Bertz CT molecular complexity index is 1430. The molecule has 0 radical (unpaired) electrons. The topological polar surface area (TPSA) is 175 Å². The Morgan fingerprint density at radius 1 is 0.962 bits per heavy atom. The fraction of sp³-hybridized carbons (Fsp3) is 0.641. The van der Waals surface area contributed by atoms with Crippen LogP contribution in [0, 0.1) is 23.2 Å². The van der Waals surface area contributed by atoms with Gasteiger partial charge in [0.25, 0.3) is 5.91 Å². The first-order valence-electron chi connectivity index (χ1n) is 18.6. The van der Waals surface area contributed by atoms with Crippen LogP contribution in [0.25, 0.3) is 0 Å². The van der Waals surface area contributed by atoms with Crippen molar-refractivity contribution in [2.45, 2.75) is 118 Å². The van der Waals surface area contributed by atoms with Crippen molar-refractivity contribution in [3.05, 3.63) is 48.0 Å². The van der Waals surface area contributed by atoms with Crippen molar-refractivity contribution in [2.75, 3.05) is 19.7 Å². The van der Waals surface area contributed by atoms with E-state index in [4.69, 9.17) is 4.74 Å². The minimum absolute atomic E-state index is 0.0237. The number of fused-ring (bicyclic) bond motifs is 1. The number of amides is 6. The summed E-state index contributed by atoms with van der Waals surface area (Å²) in [7, 11) is 0. The predicted molar refractivity (Wildman–Crippen MR) is 199 cm³/mol. The number of nitrogens with one attached hydrogen (secondary N) is 5. The summed E-state index contributed by atoms with van der Waals surface area (Å²) in [6.07, 6.45) is 3.32. The van der Waals surface area contributed by atoms with Gasteiger partial charge in [0, 0.05) is 19.1 Å². The molecular weight excluding hydrogens is 664 g/mol. The molecule has 1 aliphatic heterocycles. The lowest BCUT2D eigenvalue weighted by Gasteiger charge is -2.35. The molecule has 0 spiro atoms. The van der Waals surface area contributed by atoms with Crippen LogP contribution in [-0.4, -0.2) is 90.4 Å². The number of rotatable bonds is 16. The summed E-state index contributed by atoms with van der Waals surface area (Å²) >= 11 is 0. The average Bonchev–Trinajstić information content (AvgIpc) is 3.71. The Balaban J connectivity index is 1.90. The van der Waals surface area contributed by atoms with Crippen LogP contribution in [0.5, 0.6) is 0 Å². The second-order valence-electron chi connectivity index (χ2n) is 15.7. The summed E-state index contributed by atoms with van der Waals surface area (Å²) in [5.41, 5.74) is 1.68. The van der Waals surface area contributed by atoms with Crippen molar-refractivity contribution < 1.29 is 33.5 Å². The van der Waals surface area contributed by atoms with E-state index in [1.807, 2.05) is 79.7 Å². The van der Waals surface area contributed by atoms with Gasteiger partial charge in [-0.05, 0) is 73.8 Å². The van der Waals surface area contributed by atoms with Crippen molar-refractivity contribution in [3.8, 4) is 0 Å². The number of carbonyl (C=O) groups is 6. The highest BCUT2D eigenvalue weighted by molar-refractivity contribution is 6.38. The van der Waals surface area contributed by atoms with Crippen LogP contribution in [0.15, 0.2) is 36.9 Å². The van der Waals surface area contributed by atoms with Crippen LogP contribution in [0.3, 0.4) is 0 Å². The Hall–Kier alpha value is -4.42. The number of likely N-dealkylation sites (tertiary alicyclic amines) is 1. The summed E-state index contributed by atoms with van der Waals surface area (Å²) in [6.45, 7) is 19.1.